The lowest BCUT2D eigenvalue weighted by Crippen LogP contribution is -2.51. The maximum Gasteiger partial charge on any atom is 0.111 e. The molecule has 0 amide bonds. The Bertz CT molecular complexity index is 940. The van der Waals surface area contributed by atoms with Crippen LogP contribution in [0.5, 0.6) is 0 Å². The van der Waals surface area contributed by atoms with E-state index in [4.69, 9.17) is 4.74 Å². The van der Waals surface area contributed by atoms with Crippen LogP contribution < -0.4 is 0 Å². The van der Waals surface area contributed by atoms with Crippen LogP contribution >= 0.6 is 0 Å². The van der Waals surface area contributed by atoms with Crippen molar-refractivity contribution in [2.75, 3.05) is 0 Å². The summed E-state index contributed by atoms with van der Waals surface area (Å²) in [4.78, 5) is 0. The van der Waals surface area contributed by atoms with E-state index in [0.717, 1.165) is 0 Å². The molecule has 2 heterocycles. The topological polar surface area (TPSA) is 9.23 Å². The zero-order valence-electron chi connectivity index (χ0n) is 15.2. The Morgan fingerprint density at radius 1 is 0.640 bits per heavy atom. The smallest absolute Gasteiger partial charge is 0.111 e. The van der Waals surface area contributed by atoms with E-state index >= 15 is 0 Å². The van der Waals surface area contributed by atoms with E-state index in [-0.39, 0.29) is 22.0 Å². The van der Waals surface area contributed by atoms with E-state index in [2.05, 4.69) is 88.5 Å². The van der Waals surface area contributed by atoms with Crippen molar-refractivity contribution in [3.63, 3.8) is 0 Å². The van der Waals surface area contributed by atoms with Crippen molar-refractivity contribution in [1.82, 2.24) is 0 Å². The fourth-order valence-electron chi connectivity index (χ4n) is 6.28. The van der Waals surface area contributed by atoms with E-state index < -0.39 is 0 Å². The van der Waals surface area contributed by atoms with Gasteiger partial charge in [-0.25, -0.2) is 0 Å². The minimum Gasteiger partial charge on any atom is -0.351 e. The van der Waals surface area contributed by atoms with E-state index in [9.17, 15) is 0 Å². The van der Waals surface area contributed by atoms with Gasteiger partial charge in [-0.05, 0) is 59.4 Å². The molecule has 6 aliphatic rings. The van der Waals surface area contributed by atoms with Gasteiger partial charge in [0.15, 0.2) is 0 Å². The van der Waals surface area contributed by atoms with E-state index in [1.807, 2.05) is 0 Å². The van der Waals surface area contributed by atoms with Crippen molar-refractivity contribution in [3.8, 4) is 0 Å². The molecule has 2 aliphatic heterocycles. The van der Waals surface area contributed by atoms with Gasteiger partial charge >= 0.3 is 0 Å². The maximum absolute atomic E-state index is 6.62. The monoisotopic (exact) mass is 326 g/mol. The fourth-order valence-corrected chi connectivity index (χ4v) is 6.28. The van der Waals surface area contributed by atoms with Crippen LogP contribution in [0.15, 0.2) is 94.2 Å². The van der Waals surface area contributed by atoms with Crippen molar-refractivity contribution >= 4 is 0 Å². The van der Waals surface area contributed by atoms with Crippen LogP contribution in [-0.2, 0) is 4.74 Å². The average Bonchev–Trinajstić information content (AvgIpc) is 3.00. The molecule has 0 saturated heterocycles. The molecule has 4 aliphatic carbocycles. The zero-order valence-corrected chi connectivity index (χ0v) is 15.2. The molecular formula is C24H22O. The average molecular weight is 326 g/mol. The first kappa shape index (κ1) is 14.1. The number of hydrogen-bond donors (Lipinski definition) is 0. The predicted octanol–water partition coefficient (Wildman–Crippen LogP) is 5.29. The third-order valence-electron chi connectivity index (χ3n) is 7.68. The van der Waals surface area contributed by atoms with Crippen molar-refractivity contribution in [2.24, 2.45) is 10.8 Å². The van der Waals surface area contributed by atoms with Crippen LogP contribution in [0, 0.1) is 10.8 Å². The van der Waals surface area contributed by atoms with Crippen LogP contribution in [-0.4, -0.2) is 11.2 Å². The summed E-state index contributed by atoms with van der Waals surface area (Å²) < 4.78 is 6.62. The highest BCUT2D eigenvalue weighted by Crippen LogP contribution is 2.72. The highest BCUT2D eigenvalue weighted by atomic mass is 16.5. The molecule has 0 aromatic carbocycles. The minimum atomic E-state index is -0.320. The lowest BCUT2D eigenvalue weighted by Gasteiger charge is -2.59. The summed E-state index contributed by atoms with van der Waals surface area (Å²) in [6, 6.07) is 0. The van der Waals surface area contributed by atoms with Gasteiger partial charge in [0.25, 0.3) is 0 Å². The third-order valence-corrected chi connectivity index (χ3v) is 7.68. The second-order valence-electron chi connectivity index (χ2n) is 8.77. The molecule has 6 rings (SSSR count). The summed E-state index contributed by atoms with van der Waals surface area (Å²) in [5.74, 6) is 0. The molecule has 0 aromatic heterocycles. The highest BCUT2D eigenvalue weighted by Gasteiger charge is 2.66. The van der Waals surface area contributed by atoms with Gasteiger partial charge in [0.1, 0.15) is 11.2 Å². The van der Waals surface area contributed by atoms with Crippen molar-refractivity contribution in [3.05, 3.63) is 94.2 Å². The van der Waals surface area contributed by atoms with Crippen LogP contribution in [0.25, 0.3) is 0 Å². The number of ether oxygens (including phenoxy) is 1. The Morgan fingerprint density at radius 3 is 1.52 bits per heavy atom. The summed E-state index contributed by atoms with van der Waals surface area (Å²) in [6.45, 7) is 9.31. The van der Waals surface area contributed by atoms with Crippen molar-refractivity contribution < 1.29 is 4.74 Å². The molecule has 0 radical (unpaired) electrons. The molecule has 0 spiro atoms. The summed E-state index contributed by atoms with van der Waals surface area (Å²) in [7, 11) is 0. The molecule has 1 heteroatoms. The number of rotatable bonds is 0. The second kappa shape index (κ2) is 3.68. The van der Waals surface area contributed by atoms with E-state index in [1.54, 1.807) is 0 Å². The summed E-state index contributed by atoms with van der Waals surface area (Å²) >= 11 is 0. The molecule has 0 aromatic rings. The summed E-state index contributed by atoms with van der Waals surface area (Å²) in [5.41, 5.74) is 7.74. The molecule has 0 N–H and O–H groups in total. The molecule has 0 fully saturated rings. The second-order valence-corrected chi connectivity index (χ2v) is 8.77. The van der Waals surface area contributed by atoms with Gasteiger partial charge in [-0.2, -0.15) is 0 Å². The largest absolute Gasteiger partial charge is 0.351 e. The molecule has 2 unspecified atom stereocenters. The number of allylic oxidation sites excluding steroid dienone is 10. The molecule has 124 valence electrons. The standard InChI is InChI=1S/C24H22O/c1-21-13-14-22(2,25-21)20-18-10-6-8-16-12-11-15-7-5-9-17(19(20)21)23(15,3)24(16,18)4/h5-14H,1-4H3/t21?,22?,23-,24+. The molecule has 4 atom stereocenters. The first-order valence-corrected chi connectivity index (χ1v) is 9.22. The number of hydrogen-bond acceptors (Lipinski definition) is 1. The Balaban J connectivity index is 1.82. The van der Waals surface area contributed by atoms with Crippen LogP contribution in [0.4, 0.5) is 0 Å². The third kappa shape index (κ3) is 1.20. The van der Waals surface area contributed by atoms with Crippen molar-refractivity contribution in [2.45, 2.75) is 38.9 Å². The summed E-state index contributed by atoms with van der Waals surface area (Å²) in [5, 5.41) is 0. The Morgan fingerprint density at radius 2 is 1.08 bits per heavy atom. The molecule has 25 heavy (non-hydrogen) atoms. The summed E-state index contributed by atoms with van der Waals surface area (Å²) in [6.07, 6.45) is 22.8. The van der Waals surface area contributed by atoms with E-state index in [0.29, 0.717) is 0 Å². The normalized spacial score (nSPS) is 47.2. The molecule has 1 nitrogen and oxygen atoms in total. The van der Waals surface area contributed by atoms with Gasteiger partial charge in [-0.3, -0.25) is 0 Å². The van der Waals surface area contributed by atoms with Gasteiger partial charge in [-0.1, -0.05) is 62.5 Å². The maximum atomic E-state index is 6.62. The van der Waals surface area contributed by atoms with Crippen LogP contribution in [0.2, 0.25) is 0 Å². The van der Waals surface area contributed by atoms with Gasteiger partial charge < -0.3 is 4.74 Å². The fraction of sp³-hybridized carbons (Fsp3) is 0.333. The Hall–Kier alpha value is -2.12. The first-order valence-electron chi connectivity index (χ1n) is 9.22. The lowest BCUT2D eigenvalue weighted by atomic mass is 9.43. The van der Waals surface area contributed by atoms with Crippen LogP contribution in [0.3, 0.4) is 0 Å². The van der Waals surface area contributed by atoms with Crippen molar-refractivity contribution in [1.29, 1.82) is 0 Å². The lowest BCUT2D eigenvalue weighted by molar-refractivity contribution is -0.000883. The minimum absolute atomic E-state index is 0.0533. The van der Waals surface area contributed by atoms with Crippen LogP contribution in [0.1, 0.15) is 27.7 Å². The quantitative estimate of drug-likeness (QED) is 0.550. The van der Waals surface area contributed by atoms with Gasteiger partial charge in [0, 0.05) is 10.8 Å². The predicted molar refractivity (Wildman–Crippen MR) is 101 cm³/mol. The zero-order chi connectivity index (χ0) is 17.2. The van der Waals surface area contributed by atoms with Gasteiger partial charge in [-0.15, -0.1) is 0 Å². The molecule has 2 bridgehead atoms. The molecule has 0 saturated carbocycles. The highest BCUT2D eigenvalue weighted by molar-refractivity contribution is 5.77. The SMILES string of the molecule is CC12C=CC(C)(O1)C1=C2C2=CC=CC3=CC=C4C=CC=C1[C@]4(C)[C@@]32C. The number of fused-ring (bicyclic) bond motifs is 6. The van der Waals surface area contributed by atoms with E-state index in [1.165, 1.54) is 33.4 Å². The Labute approximate surface area is 149 Å². The van der Waals surface area contributed by atoms with Gasteiger partial charge in [0.05, 0.1) is 0 Å². The molecular weight excluding hydrogens is 304 g/mol. The first-order chi connectivity index (χ1) is 11.8. The Kier molecular flexibility index (Phi) is 2.08. The van der Waals surface area contributed by atoms with Gasteiger partial charge in [0.2, 0.25) is 0 Å².